The van der Waals surface area contributed by atoms with Crippen molar-refractivity contribution in [1.29, 1.82) is 0 Å². The largest absolute Gasteiger partial charge is 0.480 e. The third-order valence-corrected chi connectivity index (χ3v) is 3.20. The van der Waals surface area contributed by atoms with E-state index < -0.39 is 0 Å². The lowest BCUT2D eigenvalue weighted by Gasteiger charge is -2.27. The lowest BCUT2D eigenvalue weighted by molar-refractivity contribution is -0.119. The fraction of sp³-hybridized carbons (Fsp3) is 0.538. The Morgan fingerprint density at radius 2 is 2.44 bits per heavy atom. The van der Waals surface area contributed by atoms with Crippen molar-refractivity contribution in [1.82, 2.24) is 10.3 Å². The molecule has 1 aromatic rings. The molecule has 0 radical (unpaired) electrons. The topological polar surface area (TPSA) is 63.2 Å². The molecular formula is C13H19N3O2. The van der Waals surface area contributed by atoms with E-state index in [1.54, 1.807) is 25.4 Å². The van der Waals surface area contributed by atoms with E-state index in [2.05, 4.69) is 22.5 Å². The standard InChI is InChI=1S/C13H19N3O2/c1-9-5-7-14-11(8-9)12(17)16-10-4-3-6-15-13(10)18-2/h3-4,6,9,11,14H,5,7-8H2,1-2H3,(H,16,17). The van der Waals surface area contributed by atoms with Crippen LogP contribution in [-0.2, 0) is 4.79 Å². The average molecular weight is 249 g/mol. The number of hydrogen-bond acceptors (Lipinski definition) is 4. The van der Waals surface area contributed by atoms with E-state index in [0.717, 1.165) is 19.4 Å². The molecule has 0 saturated carbocycles. The van der Waals surface area contributed by atoms with Gasteiger partial charge >= 0.3 is 0 Å². The van der Waals surface area contributed by atoms with E-state index in [0.29, 0.717) is 17.5 Å². The van der Waals surface area contributed by atoms with E-state index in [1.807, 2.05) is 0 Å². The molecule has 0 spiro atoms. The Hall–Kier alpha value is -1.62. The molecule has 1 saturated heterocycles. The van der Waals surface area contributed by atoms with E-state index in [1.165, 1.54) is 0 Å². The lowest BCUT2D eigenvalue weighted by atomic mass is 9.94. The van der Waals surface area contributed by atoms with Gasteiger partial charge in [-0.2, -0.15) is 0 Å². The Labute approximate surface area is 107 Å². The maximum Gasteiger partial charge on any atom is 0.241 e. The van der Waals surface area contributed by atoms with Crippen LogP contribution in [0, 0.1) is 5.92 Å². The minimum atomic E-state index is -0.126. The molecule has 0 aliphatic carbocycles. The third kappa shape index (κ3) is 2.98. The number of pyridine rings is 1. The number of anilines is 1. The Morgan fingerprint density at radius 1 is 1.61 bits per heavy atom. The fourth-order valence-electron chi connectivity index (χ4n) is 2.18. The summed E-state index contributed by atoms with van der Waals surface area (Å²) in [6.07, 6.45) is 3.63. The zero-order chi connectivity index (χ0) is 13.0. The summed E-state index contributed by atoms with van der Waals surface area (Å²) in [6, 6.07) is 3.43. The van der Waals surface area contributed by atoms with Crippen molar-refractivity contribution in [3.63, 3.8) is 0 Å². The van der Waals surface area contributed by atoms with Crippen molar-refractivity contribution in [2.24, 2.45) is 5.92 Å². The van der Waals surface area contributed by atoms with E-state index in [4.69, 9.17) is 4.74 Å². The lowest BCUT2D eigenvalue weighted by Crippen LogP contribution is -2.45. The van der Waals surface area contributed by atoms with Crippen LogP contribution in [0.15, 0.2) is 18.3 Å². The quantitative estimate of drug-likeness (QED) is 0.850. The molecule has 1 aliphatic rings. The summed E-state index contributed by atoms with van der Waals surface area (Å²) >= 11 is 0. The van der Waals surface area contributed by atoms with Gasteiger partial charge in [-0.25, -0.2) is 4.98 Å². The molecule has 5 heteroatoms. The predicted molar refractivity (Wildman–Crippen MR) is 69.6 cm³/mol. The number of methoxy groups -OCH3 is 1. The predicted octanol–water partition coefficient (Wildman–Crippen LogP) is 1.42. The molecule has 2 unspecified atom stereocenters. The Kier molecular flexibility index (Phi) is 4.15. The number of hydrogen-bond donors (Lipinski definition) is 2. The van der Waals surface area contributed by atoms with Gasteiger partial charge in [0.1, 0.15) is 5.69 Å². The highest BCUT2D eigenvalue weighted by Gasteiger charge is 2.25. The van der Waals surface area contributed by atoms with Crippen molar-refractivity contribution in [3.05, 3.63) is 18.3 Å². The van der Waals surface area contributed by atoms with Crippen LogP contribution in [0.25, 0.3) is 0 Å². The second-order valence-electron chi connectivity index (χ2n) is 4.69. The maximum atomic E-state index is 12.1. The van der Waals surface area contributed by atoms with Gasteiger partial charge in [0, 0.05) is 6.20 Å². The van der Waals surface area contributed by atoms with Crippen LogP contribution in [0.5, 0.6) is 5.88 Å². The second-order valence-corrected chi connectivity index (χ2v) is 4.69. The van der Waals surface area contributed by atoms with Crippen LogP contribution in [-0.4, -0.2) is 30.6 Å². The molecule has 1 aromatic heterocycles. The SMILES string of the molecule is COc1ncccc1NC(=O)C1CC(C)CCN1. The van der Waals surface area contributed by atoms with Crippen molar-refractivity contribution in [2.45, 2.75) is 25.8 Å². The van der Waals surface area contributed by atoms with Gasteiger partial charge in [0.15, 0.2) is 0 Å². The number of nitrogens with one attached hydrogen (secondary N) is 2. The molecular weight excluding hydrogens is 230 g/mol. The highest BCUT2D eigenvalue weighted by Crippen LogP contribution is 2.21. The molecule has 0 aromatic carbocycles. The van der Waals surface area contributed by atoms with E-state index in [9.17, 15) is 4.79 Å². The monoisotopic (exact) mass is 249 g/mol. The number of rotatable bonds is 3. The molecule has 2 atom stereocenters. The number of piperidine rings is 1. The van der Waals surface area contributed by atoms with Crippen LogP contribution >= 0.6 is 0 Å². The molecule has 0 bridgehead atoms. The highest BCUT2D eigenvalue weighted by molar-refractivity contribution is 5.95. The van der Waals surface area contributed by atoms with Gasteiger partial charge in [-0.05, 0) is 37.4 Å². The van der Waals surface area contributed by atoms with E-state index in [-0.39, 0.29) is 11.9 Å². The summed E-state index contributed by atoms with van der Waals surface area (Å²) in [6.45, 7) is 3.06. The number of ether oxygens (including phenoxy) is 1. The fourth-order valence-corrected chi connectivity index (χ4v) is 2.18. The molecule has 98 valence electrons. The van der Waals surface area contributed by atoms with Gasteiger partial charge in [-0.1, -0.05) is 6.92 Å². The zero-order valence-electron chi connectivity index (χ0n) is 10.8. The van der Waals surface area contributed by atoms with Crippen LogP contribution in [0.4, 0.5) is 5.69 Å². The van der Waals surface area contributed by atoms with Crippen LogP contribution < -0.4 is 15.4 Å². The molecule has 1 aliphatic heterocycles. The first-order valence-corrected chi connectivity index (χ1v) is 6.24. The van der Waals surface area contributed by atoms with Crippen LogP contribution in [0.1, 0.15) is 19.8 Å². The van der Waals surface area contributed by atoms with E-state index >= 15 is 0 Å². The normalized spacial score (nSPS) is 23.4. The smallest absolute Gasteiger partial charge is 0.241 e. The van der Waals surface area contributed by atoms with Crippen LogP contribution in [0.2, 0.25) is 0 Å². The van der Waals surface area contributed by atoms with Gasteiger partial charge in [0.2, 0.25) is 11.8 Å². The van der Waals surface area contributed by atoms with Crippen LogP contribution in [0.3, 0.4) is 0 Å². The first-order chi connectivity index (χ1) is 8.70. The molecule has 2 rings (SSSR count). The van der Waals surface area contributed by atoms with Gasteiger partial charge in [0.05, 0.1) is 13.2 Å². The van der Waals surface area contributed by atoms with Gasteiger partial charge in [-0.15, -0.1) is 0 Å². The number of carbonyl (C=O) groups excluding carboxylic acids is 1. The molecule has 5 nitrogen and oxygen atoms in total. The summed E-state index contributed by atoms with van der Waals surface area (Å²) in [4.78, 5) is 16.2. The first kappa shape index (κ1) is 12.8. The Morgan fingerprint density at radius 3 is 3.17 bits per heavy atom. The molecule has 1 amide bonds. The van der Waals surface area contributed by atoms with Gasteiger partial charge in [0.25, 0.3) is 0 Å². The number of aromatic nitrogens is 1. The first-order valence-electron chi connectivity index (χ1n) is 6.24. The number of carbonyl (C=O) groups is 1. The maximum absolute atomic E-state index is 12.1. The highest BCUT2D eigenvalue weighted by atomic mass is 16.5. The second kappa shape index (κ2) is 5.82. The summed E-state index contributed by atoms with van der Waals surface area (Å²) in [5.41, 5.74) is 0.616. The van der Waals surface area contributed by atoms with Gasteiger partial charge in [-0.3, -0.25) is 4.79 Å². The van der Waals surface area contributed by atoms with Gasteiger partial charge < -0.3 is 15.4 Å². The number of amides is 1. The molecule has 1 fully saturated rings. The average Bonchev–Trinajstić information content (AvgIpc) is 2.39. The molecule has 2 heterocycles. The zero-order valence-corrected chi connectivity index (χ0v) is 10.8. The Bertz CT molecular complexity index is 422. The summed E-state index contributed by atoms with van der Waals surface area (Å²) < 4.78 is 5.11. The minimum Gasteiger partial charge on any atom is -0.480 e. The summed E-state index contributed by atoms with van der Waals surface area (Å²) in [7, 11) is 1.54. The molecule has 18 heavy (non-hydrogen) atoms. The van der Waals surface area contributed by atoms with Crippen molar-refractivity contribution in [3.8, 4) is 5.88 Å². The minimum absolute atomic E-state index is 0.0205. The number of nitrogens with zero attached hydrogens (tertiary/aromatic N) is 1. The molecule has 2 N–H and O–H groups in total. The third-order valence-electron chi connectivity index (χ3n) is 3.20. The summed E-state index contributed by atoms with van der Waals surface area (Å²) in [5, 5.41) is 6.10. The summed E-state index contributed by atoms with van der Waals surface area (Å²) in [5.74, 6) is 1.00. The van der Waals surface area contributed by atoms with Crippen molar-refractivity contribution in [2.75, 3.05) is 19.0 Å². The van der Waals surface area contributed by atoms with Crippen molar-refractivity contribution < 1.29 is 9.53 Å². The Balaban J connectivity index is 2.02. The van der Waals surface area contributed by atoms with Crippen molar-refractivity contribution >= 4 is 11.6 Å².